The molecule has 1 amide bonds. The highest BCUT2D eigenvalue weighted by Gasteiger charge is 2.28. The fourth-order valence-electron chi connectivity index (χ4n) is 3.21. The van der Waals surface area contributed by atoms with Crippen LogP contribution in [0.4, 0.5) is 5.69 Å². The lowest BCUT2D eigenvalue weighted by atomic mass is 10.0. The molecule has 128 valence electrons. The van der Waals surface area contributed by atoms with Crippen molar-refractivity contribution in [2.24, 2.45) is 17.6 Å². The first kappa shape index (κ1) is 17.8. The van der Waals surface area contributed by atoms with Gasteiger partial charge in [-0.2, -0.15) is 0 Å². The van der Waals surface area contributed by atoms with Crippen LogP contribution >= 0.6 is 0 Å². The van der Waals surface area contributed by atoms with Crippen molar-refractivity contribution >= 4 is 11.6 Å². The molecular formula is C19H31N3O. The molecule has 0 bridgehead atoms. The zero-order valence-electron chi connectivity index (χ0n) is 14.9. The number of nitrogens with one attached hydrogen (secondary N) is 2. The van der Waals surface area contributed by atoms with Crippen molar-refractivity contribution in [2.45, 2.75) is 59.0 Å². The van der Waals surface area contributed by atoms with Crippen LogP contribution in [0.3, 0.4) is 0 Å². The van der Waals surface area contributed by atoms with Crippen LogP contribution < -0.4 is 16.4 Å². The van der Waals surface area contributed by atoms with Crippen molar-refractivity contribution < 1.29 is 4.79 Å². The van der Waals surface area contributed by atoms with Crippen LogP contribution in [0.1, 0.15) is 56.0 Å². The highest BCUT2D eigenvalue weighted by Crippen LogP contribution is 2.26. The van der Waals surface area contributed by atoms with Crippen LogP contribution in [-0.4, -0.2) is 24.5 Å². The van der Waals surface area contributed by atoms with E-state index >= 15 is 0 Å². The molecule has 0 aromatic heterocycles. The molecule has 1 aromatic carbocycles. The number of carbonyl (C=O) groups is 1. The molecule has 0 heterocycles. The topological polar surface area (TPSA) is 67.2 Å². The van der Waals surface area contributed by atoms with Crippen LogP contribution in [0.5, 0.6) is 0 Å². The quantitative estimate of drug-likeness (QED) is 0.754. The Kier molecular flexibility index (Phi) is 6.05. The van der Waals surface area contributed by atoms with Gasteiger partial charge in [-0.05, 0) is 62.8 Å². The van der Waals surface area contributed by atoms with Gasteiger partial charge in [-0.3, -0.25) is 4.79 Å². The smallest absolute Gasteiger partial charge is 0.251 e. The second-order valence-corrected chi connectivity index (χ2v) is 7.16. The van der Waals surface area contributed by atoms with Gasteiger partial charge in [0.2, 0.25) is 0 Å². The molecule has 3 atom stereocenters. The third-order valence-corrected chi connectivity index (χ3v) is 5.24. The van der Waals surface area contributed by atoms with Crippen LogP contribution in [-0.2, 0) is 0 Å². The summed E-state index contributed by atoms with van der Waals surface area (Å²) < 4.78 is 0. The predicted octanol–water partition coefficient (Wildman–Crippen LogP) is 3.31. The normalized spacial score (nSPS) is 22.2. The molecule has 4 heteroatoms. The number of hydrogen-bond donors (Lipinski definition) is 3. The Labute approximate surface area is 140 Å². The molecule has 1 fully saturated rings. The third-order valence-electron chi connectivity index (χ3n) is 5.24. The zero-order valence-corrected chi connectivity index (χ0v) is 14.9. The Balaban J connectivity index is 2.11. The Hall–Kier alpha value is -1.55. The SMILES string of the molecule is Cc1c(NC(C)C(C)C)cccc1C(=O)NC1CCCC1CN. The summed E-state index contributed by atoms with van der Waals surface area (Å²) in [7, 11) is 0. The summed E-state index contributed by atoms with van der Waals surface area (Å²) in [4.78, 5) is 12.7. The molecule has 1 saturated carbocycles. The Morgan fingerprint density at radius 3 is 2.70 bits per heavy atom. The molecule has 0 spiro atoms. The molecule has 1 aromatic rings. The molecule has 1 aliphatic carbocycles. The Morgan fingerprint density at radius 2 is 2.04 bits per heavy atom. The van der Waals surface area contributed by atoms with Crippen LogP contribution in [0.15, 0.2) is 18.2 Å². The standard InChI is InChI=1S/C19H31N3O/c1-12(2)14(4)21-17-9-6-8-16(13(17)3)19(23)22-18-10-5-7-15(18)11-20/h6,8-9,12,14-15,18,21H,5,7,10-11,20H2,1-4H3,(H,22,23). The lowest BCUT2D eigenvalue weighted by Gasteiger charge is -2.23. The van der Waals surface area contributed by atoms with E-state index in [4.69, 9.17) is 5.73 Å². The molecule has 4 nitrogen and oxygen atoms in total. The molecular weight excluding hydrogens is 286 g/mol. The Morgan fingerprint density at radius 1 is 1.30 bits per heavy atom. The number of anilines is 1. The largest absolute Gasteiger partial charge is 0.382 e. The maximum atomic E-state index is 12.7. The summed E-state index contributed by atoms with van der Waals surface area (Å²) in [6.07, 6.45) is 3.31. The summed E-state index contributed by atoms with van der Waals surface area (Å²) >= 11 is 0. The van der Waals surface area contributed by atoms with Gasteiger partial charge >= 0.3 is 0 Å². The average molecular weight is 317 g/mol. The minimum atomic E-state index is 0.0219. The number of benzene rings is 1. The number of amides is 1. The van der Waals surface area contributed by atoms with Gasteiger partial charge in [-0.25, -0.2) is 0 Å². The van der Waals surface area contributed by atoms with E-state index in [1.165, 1.54) is 0 Å². The lowest BCUT2D eigenvalue weighted by Crippen LogP contribution is -2.40. The lowest BCUT2D eigenvalue weighted by molar-refractivity contribution is 0.0928. The van der Waals surface area contributed by atoms with Crippen molar-refractivity contribution in [3.05, 3.63) is 29.3 Å². The maximum Gasteiger partial charge on any atom is 0.251 e. The van der Waals surface area contributed by atoms with E-state index in [2.05, 4.69) is 31.4 Å². The highest BCUT2D eigenvalue weighted by atomic mass is 16.1. The van der Waals surface area contributed by atoms with Gasteiger partial charge in [-0.1, -0.05) is 26.3 Å². The molecule has 1 aliphatic rings. The summed E-state index contributed by atoms with van der Waals surface area (Å²) in [5.41, 5.74) is 8.63. The minimum Gasteiger partial charge on any atom is -0.382 e. The van der Waals surface area contributed by atoms with Crippen molar-refractivity contribution in [1.29, 1.82) is 0 Å². The van der Waals surface area contributed by atoms with Gasteiger partial charge in [0, 0.05) is 23.3 Å². The molecule has 3 unspecified atom stereocenters. The summed E-state index contributed by atoms with van der Waals surface area (Å²) in [6.45, 7) is 9.21. The van der Waals surface area contributed by atoms with Gasteiger partial charge in [0.1, 0.15) is 0 Å². The second kappa shape index (κ2) is 7.82. The van der Waals surface area contributed by atoms with Gasteiger partial charge in [0.05, 0.1) is 0 Å². The minimum absolute atomic E-state index is 0.0219. The summed E-state index contributed by atoms with van der Waals surface area (Å²) in [5.74, 6) is 0.978. The zero-order chi connectivity index (χ0) is 17.0. The van der Waals surface area contributed by atoms with Crippen LogP contribution in [0.25, 0.3) is 0 Å². The molecule has 23 heavy (non-hydrogen) atoms. The van der Waals surface area contributed by atoms with Crippen LogP contribution in [0.2, 0.25) is 0 Å². The van der Waals surface area contributed by atoms with E-state index < -0.39 is 0 Å². The van der Waals surface area contributed by atoms with Gasteiger partial charge < -0.3 is 16.4 Å². The summed E-state index contributed by atoms with van der Waals surface area (Å²) in [5, 5.41) is 6.71. The van der Waals surface area contributed by atoms with E-state index in [0.29, 0.717) is 24.4 Å². The fraction of sp³-hybridized carbons (Fsp3) is 0.632. The molecule has 4 N–H and O–H groups in total. The third kappa shape index (κ3) is 4.25. The van der Waals surface area contributed by atoms with Crippen molar-refractivity contribution in [3.8, 4) is 0 Å². The van der Waals surface area contributed by atoms with Gasteiger partial charge in [0.25, 0.3) is 5.91 Å². The molecule has 0 radical (unpaired) electrons. The second-order valence-electron chi connectivity index (χ2n) is 7.16. The first-order valence-corrected chi connectivity index (χ1v) is 8.81. The maximum absolute atomic E-state index is 12.7. The predicted molar refractivity (Wildman–Crippen MR) is 96.8 cm³/mol. The molecule has 2 rings (SSSR count). The molecule has 0 saturated heterocycles. The first-order chi connectivity index (χ1) is 10.9. The Bertz CT molecular complexity index is 541. The van der Waals surface area contributed by atoms with Gasteiger partial charge in [-0.15, -0.1) is 0 Å². The van der Waals surface area contributed by atoms with Crippen molar-refractivity contribution in [1.82, 2.24) is 5.32 Å². The fourth-order valence-corrected chi connectivity index (χ4v) is 3.21. The van der Waals surface area contributed by atoms with Gasteiger partial charge in [0.15, 0.2) is 0 Å². The van der Waals surface area contributed by atoms with E-state index in [9.17, 15) is 4.79 Å². The number of carbonyl (C=O) groups excluding carboxylic acids is 1. The van der Waals surface area contributed by atoms with E-state index in [1.54, 1.807) is 0 Å². The first-order valence-electron chi connectivity index (χ1n) is 8.81. The number of rotatable bonds is 6. The van der Waals surface area contributed by atoms with E-state index in [1.807, 2.05) is 25.1 Å². The van der Waals surface area contributed by atoms with Crippen molar-refractivity contribution in [3.63, 3.8) is 0 Å². The van der Waals surface area contributed by atoms with E-state index in [-0.39, 0.29) is 11.9 Å². The number of nitrogens with two attached hydrogens (primary N) is 1. The average Bonchev–Trinajstić information content (AvgIpc) is 2.96. The monoisotopic (exact) mass is 317 g/mol. The highest BCUT2D eigenvalue weighted by molar-refractivity contribution is 5.97. The van der Waals surface area contributed by atoms with Crippen molar-refractivity contribution in [2.75, 3.05) is 11.9 Å². The number of hydrogen-bond acceptors (Lipinski definition) is 3. The summed E-state index contributed by atoms with van der Waals surface area (Å²) in [6, 6.07) is 6.49. The van der Waals surface area contributed by atoms with Crippen LogP contribution in [0, 0.1) is 18.8 Å². The van der Waals surface area contributed by atoms with E-state index in [0.717, 1.165) is 36.1 Å². The molecule has 0 aliphatic heterocycles.